The fraction of sp³-hybridized carbons (Fsp3) is 0.300. The van der Waals surface area contributed by atoms with Gasteiger partial charge in [0, 0.05) is 18.4 Å². The Balaban J connectivity index is 1.86. The number of amides is 1. The van der Waals surface area contributed by atoms with Gasteiger partial charge in [-0.2, -0.15) is 0 Å². The molecule has 0 bridgehead atoms. The highest BCUT2D eigenvalue weighted by atomic mass is 19.1. The number of hydrogen-bond acceptors (Lipinski definition) is 6. The number of nitrogens with zero attached hydrogens (tertiary/aromatic N) is 2. The Morgan fingerprint density at radius 3 is 2.61 bits per heavy atom. The summed E-state index contributed by atoms with van der Waals surface area (Å²) in [6.45, 7) is 5.83. The highest BCUT2D eigenvalue weighted by molar-refractivity contribution is 6.29. The Hall–Kier alpha value is -3.13. The zero-order chi connectivity index (χ0) is 20.5. The molecule has 2 aromatic rings. The van der Waals surface area contributed by atoms with E-state index < -0.39 is 23.0 Å². The average Bonchev–Trinajstić information content (AvgIpc) is 2.65. The van der Waals surface area contributed by atoms with Crippen LogP contribution in [0.25, 0.3) is 0 Å². The van der Waals surface area contributed by atoms with Gasteiger partial charge in [-0.25, -0.2) is 9.45 Å². The van der Waals surface area contributed by atoms with E-state index in [-0.39, 0.29) is 35.5 Å². The summed E-state index contributed by atoms with van der Waals surface area (Å²) in [4.78, 5) is 46.1. The van der Waals surface area contributed by atoms with Crippen LogP contribution in [-0.2, 0) is 9.63 Å². The van der Waals surface area contributed by atoms with Crippen molar-refractivity contribution in [3.05, 3.63) is 58.7 Å². The fourth-order valence-corrected chi connectivity index (χ4v) is 2.98. The molecule has 0 atom stereocenters. The van der Waals surface area contributed by atoms with Gasteiger partial charge in [-0.1, -0.05) is 0 Å². The minimum absolute atomic E-state index is 0.000709. The minimum atomic E-state index is -0.765. The molecule has 1 amide bonds. The molecule has 0 aliphatic heterocycles. The molecule has 1 aromatic carbocycles. The molecule has 0 spiro atoms. The van der Waals surface area contributed by atoms with Crippen molar-refractivity contribution in [1.82, 2.24) is 10.0 Å². The number of carbonyl (C=O) groups is 3. The third-order valence-corrected chi connectivity index (χ3v) is 4.03. The second kappa shape index (κ2) is 7.47. The number of benzene rings is 1. The van der Waals surface area contributed by atoms with Gasteiger partial charge in [-0.15, -0.1) is 0 Å². The summed E-state index contributed by atoms with van der Waals surface area (Å²) in [5.41, 5.74) is -0.485. The Labute approximate surface area is 161 Å². The lowest BCUT2D eigenvalue weighted by atomic mass is 9.85. The number of anilines is 1. The van der Waals surface area contributed by atoms with E-state index in [1.807, 2.05) is 20.8 Å². The first-order chi connectivity index (χ1) is 13.2. The van der Waals surface area contributed by atoms with Crippen LogP contribution in [0.15, 0.2) is 30.5 Å². The molecule has 1 aromatic heterocycles. The van der Waals surface area contributed by atoms with Crippen LogP contribution in [0.2, 0.25) is 0 Å². The predicted molar refractivity (Wildman–Crippen MR) is 99.6 cm³/mol. The minimum Gasteiger partial charge on any atom is -0.383 e. The number of halogens is 1. The van der Waals surface area contributed by atoms with Gasteiger partial charge >= 0.3 is 0 Å². The first-order valence-corrected chi connectivity index (χ1v) is 8.75. The van der Waals surface area contributed by atoms with Gasteiger partial charge in [0.15, 0.2) is 5.78 Å². The van der Waals surface area contributed by atoms with E-state index >= 15 is 0 Å². The summed E-state index contributed by atoms with van der Waals surface area (Å²) < 4.78 is 14.4. The molecule has 0 saturated carbocycles. The predicted octanol–water partition coefficient (Wildman–Crippen LogP) is 2.60. The van der Waals surface area contributed by atoms with Crippen molar-refractivity contribution in [3.63, 3.8) is 0 Å². The first-order valence-electron chi connectivity index (χ1n) is 8.75. The van der Waals surface area contributed by atoms with Gasteiger partial charge in [0.25, 0.3) is 0 Å². The van der Waals surface area contributed by atoms with E-state index in [1.165, 1.54) is 24.4 Å². The SMILES string of the molecule is CC(C)(C)ON(C=O)CCNc1ccc(F)c2c1C(=O)c1ncccc1C2=O. The van der Waals surface area contributed by atoms with Crippen molar-refractivity contribution in [1.29, 1.82) is 0 Å². The molecule has 0 fully saturated rings. The van der Waals surface area contributed by atoms with Crippen molar-refractivity contribution >= 4 is 23.7 Å². The van der Waals surface area contributed by atoms with Crippen LogP contribution in [0.5, 0.6) is 0 Å². The Morgan fingerprint density at radius 1 is 1.18 bits per heavy atom. The molecule has 0 radical (unpaired) electrons. The van der Waals surface area contributed by atoms with Crippen LogP contribution in [0, 0.1) is 5.82 Å². The number of ketones is 2. The molecular formula is C20H20FN3O4. The standard InChI is InChI=1S/C20H20FN3O4/c1-20(2,3)28-24(11-25)10-9-22-14-7-6-13(21)15-16(14)19(27)17-12(18(15)26)5-4-8-23-17/h4-8,11,22H,9-10H2,1-3H3. The van der Waals surface area contributed by atoms with Crippen molar-refractivity contribution in [2.24, 2.45) is 0 Å². The molecule has 0 saturated heterocycles. The van der Waals surface area contributed by atoms with Gasteiger partial charge in [0.2, 0.25) is 12.2 Å². The van der Waals surface area contributed by atoms with E-state index in [1.54, 1.807) is 0 Å². The number of fused-ring (bicyclic) bond motifs is 2. The number of nitrogens with one attached hydrogen (secondary N) is 1. The van der Waals surface area contributed by atoms with Crippen molar-refractivity contribution in [2.45, 2.75) is 26.4 Å². The summed E-state index contributed by atoms with van der Waals surface area (Å²) in [6, 6.07) is 5.51. The molecule has 7 nitrogen and oxygen atoms in total. The Kier molecular flexibility index (Phi) is 5.24. The molecule has 1 aliphatic rings. The molecule has 28 heavy (non-hydrogen) atoms. The third-order valence-electron chi connectivity index (χ3n) is 4.03. The maximum absolute atomic E-state index is 14.4. The number of aromatic nitrogens is 1. The lowest BCUT2D eigenvalue weighted by Gasteiger charge is -2.27. The average molecular weight is 385 g/mol. The molecule has 3 rings (SSSR count). The van der Waals surface area contributed by atoms with Crippen LogP contribution >= 0.6 is 0 Å². The van der Waals surface area contributed by atoms with Gasteiger partial charge < -0.3 is 5.32 Å². The van der Waals surface area contributed by atoms with Crippen LogP contribution in [-0.4, -0.2) is 46.7 Å². The van der Waals surface area contributed by atoms with Gasteiger partial charge in [0.05, 0.1) is 28.8 Å². The highest BCUT2D eigenvalue weighted by Gasteiger charge is 2.35. The van der Waals surface area contributed by atoms with Crippen molar-refractivity contribution in [3.8, 4) is 0 Å². The van der Waals surface area contributed by atoms with Crippen molar-refractivity contribution < 1.29 is 23.6 Å². The Morgan fingerprint density at radius 2 is 1.93 bits per heavy atom. The van der Waals surface area contributed by atoms with E-state index in [4.69, 9.17) is 4.84 Å². The lowest BCUT2D eigenvalue weighted by molar-refractivity contribution is -0.214. The molecule has 1 aliphatic carbocycles. The van der Waals surface area contributed by atoms with Crippen LogP contribution in [0.1, 0.15) is 52.7 Å². The molecular weight excluding hydrogens is 365 g/mol. The lowest BCUT2D eigenvalue weighted by Crippen LogP contribution is -2.36. The van der Waals surface area contributed by atoms with Crippen LogP contribution < -0.4 is 5.32 Å². The van der Waals surface area contributed by atoms with Crippen LogP contribution in [0.3, 0.4) is 0 Å². The number of pyridine rings is 1. The largest absolute Gasteiger partial charge is 0.383 e. The molecule has 146 valence electrons. The quantitative estimate of drug-likeness (QED) is 0.518. The van der Waals surface area contributed by atoms with E-state index in [2.05, 4.69) is 10.3 Å². The summed E-state index contributed by atoms with van der Waals surface area (Å²) in [7, 11) is 0. The topological polar surface area (TPSA) is 88.6 Å². The smallest absolute Gasteiger partial charge is 0.233 e. The van der Waals surface area contributed by atoms with Gasteiger partial charge in [-0.3, -0.25) is 24.2 Å². The van der Waals surface area contributed by atoms with E-state index in [0.717, 1.165) is 11.1 Å². The monoisotopic (exact) mass is 385 g/mol. The zero-order valence-corrected chi connectivity index (χ0v) is 15.8. The van der Waals surface area contributed by atoms with E-state index in [9.17, 15) is 18.8 Å². The third kappa shape index (κ3) is 3.77. The zero-order valence-electron chi connectivity index (χ0n) is 15.8. The Bertz CT molecular complexity index is 953. The summed E-state index contributed by atoms with van der Waals surface area (Å²) in [5, 5.41) is 4.12. The molecule has 1 heterocycles. The second-order valence-corrected chi connectivity index (χ2v) is 7.28. The molecule has 8 heteroatoms. The molecule has 0 unspecified atom stereocenters. The van der Waals surface area contributed by atoms with Gasteiger partial charge in [-0.05, 0) is 45.0 Å². The maximum Gasteiger partial charge on any atom is 0.233 e. The fourth-order valence-electron chi connectivity index (χ4n) is 2.98. The number of carbonyl (C=O) groups excluding carboxylic acids is 3. The van der Waals surface area contributed by atoms with Gasteiger partial charge in [0.1, 0.15) is 11.5 Å². The first kappa shape index (κ1) is 19.6. The highest BCUT2D eigenvalue weighted by Crippen LogP contribution is 2.32. The number of hydrogen-bond donors (Lipinski definition) is 1. The number of hydroxylamine groups is 2. The summed E-state index contributed by atoms with van der Waals surface area (Å²) in [6.07, 6.45) is 1.97. The van der Waals surface area contributed by atoms with Crippen LogP contribution in [0.4, 0.5) is 10.1 Å². The molecule has 1 N–H and O–H groups in total. The number of rotatable bonds is 6. The summed E-state index contributed by atoms with van der Waals surface area (Å²) in [5.74, 6) is -1.87. The second-order valence-electron chi connectivity index (χ2n) is 7.28. The summed E-state index contributed by atoms with van der Waals surface area (Å²) >= 11 is 0. The van der Waals surface area contributed by atoms with Crippen molar-refractivity contribution in [2.75, 3.05) is 18.4 Å². The maximum atomic E-state index is 14.4. The normalized spacial score (nSPS) is 13.0. The van der Waals surface area contributed by atoms with E-state index in [0.29, 0.717) is 12.1 Å².